The number of hydrogen-bond donors (Lipinski definition) is 2. The number of nitrogens with one attached hydrogen (secondary N) is 2. The SMILES string of the molecule is C=C1C[C@H]2C(=O)Nc3cc(OCCCCCOc4cc5c(cc4OC)C(=O)N4CC(=C)C[C@H]4C(=O)N5)c(OC)cc3C(=O)N2C1. The van der Waals surface area contributed by atoms with Crippen LogP contribution in [0.2, 0.25) is 0 Å². The molecular formula is C33H36N4O8. The fraction of sp³-hybridized carbons (Fsp3) is 0.394. The average molecular weight is 617 g/mol. The fourth-order valence-corrected chi connectivity index (χ4v) is 6.21. The molecule has 0 bridgehead atoms. The summed E-state index contributed by atoms with van der Waals surface area (Å²) in [6.45, 7) is 9.35. The number of methoxy groups -OCH3 is 2. The minimum Gasteiger partial charge on any atom is -0.493 e. The van der Waals surface area contributed by atoms with E-state index in [9.17, 15) is 19.2 Å². The van der Waals surface area contributed by atoms with Gasteiger partial charge in [0.1, 0.15) is 12.1 Å². The number of carbonyl (C=O) groups excluding carboxylic acids is 4. The molecule has 2 aromatic rings. The molecule has 12 nitrogen and oxygen atoms in total. The van der Waals surface area contributed by atoms with Gasteiger partial charge in [-0.1, -0.05) is 24.3 Å². The van der Waals surface area contributed by atoms with Crippen LogP contribution in [0.25, 0.3) is 0 Å². The zero-order valence-electron chi connectivity index (χ0n) is 25.4. The van der Waals surface area contributed by atoms with Crippen molar-refractivity contribution in [3.8, 4) is 23.0 Å². The number of ether oxygens (including phenoxy) is 4. The summed E-state index contributed by atoms with van der Waals surface area (Å²) in [7, 11) is 3.01. The predicted octanol–water partition coefficient (Wildman–Crippen LogP) is 3.78. The van der Waals surface area contributed by atoms with Crippen molar-refractivity contribution in [2.75, 3.05) is 51.2 Å². The number of amides is 4. The van der Waals surface area contributed by atoms with Gasteiger partial charge >= 0.3 is 0 Å². The van der Waals surface area contributed by atoms with Crippen LogP contribution in [0.5, 0.6) is 23.0 Å². The quantitative estimate of drug-likeness (QED) is 0.304. The number of fused-ring (bicyclic) bond motifs is 4. The Bertz CT molecular complexity index is 1500. The maximum absolute atomic E-state index is 13.2. The topological polar surface area (TPSA) is 136 Å². The lowest BCUT2D eigenvalue weighted by atomic mass is 10.1. The van der Waals surface area contributed by atoms with E-state index in [0.29, 0.717) is 97.5 Å². The van der Waals surface area contributed by atoms with Gasteiger partial charge in [0.05, 0.1) is 49.9 Å². The Morgan fingerprint density at radius 1 is 0.667 bits per heavy atom. The maximum Gasteiger partial charge on any atom is 0.257 e. The summed E-state index contributed by atoms with van der Waals surface area (Å²) in [6.07, 6.45) is 3.09. The molecule has 6 rings (SSSR count). The fourth-order valence-electron chi connectivity index (χ4n) is 6.21. The van der Waals surface area contributed by atoms with Crippen molar-refractivity contribution in [3.05, 3.63) is 59.7 Å². The van der Waals surface area contributed by atoms with Gasteiger partial charge in [-0.05, 0) is 44.2 Å². The maximum atomic E-state index is 13.2. The molecule has 4 aliphatic rings. The Morgan fingerprint density at radius 2 is 1.09 bits per heavy atom. The van der Waals surface area contributed by atoms with Gasteiger partial charge in [0, 0.05) is 25.2 Å². The van der Waals surface area contributed by atoms with E-state index in [0.717, 1.165) is 17.6 Å². The van der Waals surface area contributed by atoms with E-state index in [-0.39, 0.29) is 23.6 Å². The third kappa shape index (κ3) is 5.67. The summed E-state index contributed by atoms with van der Waals surface area (Å²) in [5, 5.41) is 5.73. The summed E-state index contributed by atoms with van der Waals surface area (Å²) in [4.78, 5) is 55.1. The Morgan fingerprint density at radius 3 is 1.49 bits per heavy atom. The molecule has 0 saturated carbocycles. The molecule has 4 heterocycles. The first-order valence-corrected chi connectivity index (χ1v) is 14.9. The molecule has 0 radical (unpaired) electrons. The van der Waals surface area contributed by atoms with Crippen molar-refractivity contribution in [2.24, 2.45) is 0 Å². The molecule has 236 valence electrons. The molecule has 0 unspecified atom stereocenters. The van der Waals surface area contributed by atoms with E-state index in [2.05, 4.69) is 23.8 Å². The van der Waals surface area contributed by atoms with Crippen LogP contribution in [0, 0.1) is 0 Å². The highest BCUT2D eigenvalue weighted by molar-refractivity contribution is 6.12. The Hall–Kier alpha value is -5.00. The molecule has 2 saturated heterocycles. The van der Waals surface area contributed by atoms with Crippen LogP contribution in [0.4, 0.5) is 11.4 Å². The molecule has 0 aliphatic carbocycles. The summed E-state index contributed by atoms with van der Waals surface area (Å²) < 4.78 is 23.0. The number of benzene rings is 2. The summed E-state index contributed by atoms with van der Waals surface area (Å²) in [5.41, 5.74) is 3.19. The van der Waals surface area contributed by atoms with Gasteiger partial charge in [-0.3, -0.25) is 19.2 Å². The third-order valence-electron chi connectivity index (χ3n) is 8.52. The highest BCUT2D eigenvalue weighted by atomic mass is 16.5. The van der Waals surface area contributed by atoms with Crippen molar-refractivity contribution in [2.45, 2.75) is 44.2 Å². The number of rotatable bonds is 10. The number of nitrogens with zero attached hydrogens (tertiary/aromatic N) is 2. The number of unbranched alkanes of at least 4 members (excludes halogenated alkanes) is 2. The normalized spacial score (nSPS) is 20.4. The largest absolute Gasteiger partial charge is 0.493 e. The number of anilines is 2. The second kappa shape index (κ2) is 12.2. The predicted molar refractivity (Wildman–Crippen MR) is 165 cm³/mol. The van der Waals surface area contributed by atoms with Crippen molar-refractivity contribution in [3.63, 3.8) is 0 Å². The van der Waals surface area contributed by atoms with E-state index in [4.69, 9.17) is 18.9 Å². The molecule has 45 heavy (non-hydrogen) atoms. The zero-order chi connectivity index (χ0) is 31.8. The van der Waals surface area contributed by atoms with Crippen molar-refractivity contribution in [1.29, 1.82) is 0 Å². The second-order valence-corrected chi connectivity index (χ2v) is 11.6. The van der Waals surface area contributed by atoms with E-state index in [1.807, 2.05) is 0 Å². The summed E-state index contributed by atoms with van der Waals surface area (Å²) >= 11 is 0. The van der Waals surface area contributed by atoms with Gasteiger partial charge in [-0.2, -0.15) is 0 Å². The van der Waals surface area contributed by atoms with Crippen LogP contribution in [0.15, 0.2) is 48.6 Å². The van der Waals surface area contributed by atoms with Crippen LogP contribution in [0.1, 0.15) is 52.8 Å². The van der Waals surface area contributed by atoms with Gasteiger partial charge < -0.3 is 39.4 Å². The monoisotopic (exact) mass is 616 g/mol. The molecule has 12 heteroatoms. The van der Waals surface area contributed by atoms with Crippen molar-refractivity contribution >= 4 is 35.0 Å². The molecular weight excluding hydrogens is 580 g/mol. The van der Waals surface area contributed by atoms with Crippen molar-refractivity contribution < 1.29 is 38.1 Å². The first-order valence-electron chi connectivity index (χ1n) is 14.9. The summed E-state index contributed by atoms with van der Waals surface area (Å²) in [5.74, 6) is 0.690. The molecule has 4 amide bonds. The summed E-state index contributed by atoms with van der Waals surface area (Å²) in [6, 6.07) is 5.35. The number of hydrogen-bond acceptors (Lipinski definition) is 8. The lowest BCUT2D eigenvalue weighted by molar-refractivity contribution is -0.120. The zero-order valence-corrected chi connectivity index (χ0v) is 25.4. The molecule has 2 fully saturated rings. The van der Waals surface area contributed by atoms with E-state index in [1.165, 1.54) is 14.2 Å². The molecule has 0 aromatic heterocycles. The lowest BCUT2D eigenvalue weighted by Crippen LogP contribution is -2.40. The minimum atomic E-state index is -0.569. The van der Waals surface area contributed by atoms with Gasteiger partial charge in [0.25, 0.3) is 11.8 Å². The minimum absolute atomic E-state index is 0.247. The molecule has 2 aromatic carbocycles. The Kier molecular flexibility index (Phi) is 8.13. The van der Waals surface area contributed by atoms with Crippen LogP contribution in [0.3, 0.4) is 0 Å². The second-order valence-electron chi connectivity index (χ2n) is 11.6. The Labute approximate surface area is 260 Å². The standard InChI is InChI=1S/C33H36N4O8/c1-18-10-24-30(38)34-22-14-28(26(42-3)12-20(22)32(40)36(24)16-18)44-8-6-5-7-9-45-29-15-23-21(13-27(29)43-4)33(41)37-17-19(2)11-25(37)31(39)35-23/h12-15,24-25H,1-2,5-11,16-17H2,3-4H3,(H,34,38)(H,35,39)/t24-,25-/m0/s1. The lowest BCUT2D eigenvalue weighted by Gasteiger charge is -2.20. The molecule has 4 aliphatic heterocycles. The van der Waals surface area contributed by atoms with Crippen LogP contribution < -0.4 is 29.6 Å². The van der Waals surface area contributed by atoms with E-state index < -0.39 is 12.1 Å². The highest BCUT2D eigenvalue weighted by Crippen LogP contribution is 2.39. The molecule has 0 spiro atoms. The smallest absolute Gasteiger partial charge is 0.257 e. The Balaban J connectivity index is 1.03. The van der Waals surface area contributed by atoms with Gasteiger partial charge in [0.2, 0.25) is 11.8 Å². The van der Waals surface area contributed by atoms with Crippen molar-refractivity contribution in [1.82, 2.24) is 9.80 Å². The first kappa shape index (κ1) is 30.0. The highest BCUT2D eigenvalue weighted by Gasteiger charge is 2.41. The van der Waals surface area contributed by atoms with E-state index in [1.54, 1.807) is 34.1 Å². The first-order chi connectivity index (χ1) is 21.7. The van der Waals surface area contributed by atoms with Crippen LogP contribution >= 0.6 is 0 Å². The van der Waals surface area contributed by atoms with Crippen LogP contribution in [-0.4, -0.2) is 86.0 Å². The third-order valence-corrected chi connectivity index (χ3v) is 8.52. The van der Waals surface area contributed by atoms with Gasteiger partial charge in [-0.15, -0.1) is 0 Å². The average Bonchev–Trinajstić information content (AvgIpc) is 3.58. The molecule has 2 N–H and O–H groups in total. The number of carbonyl (C=O) groups is 4. The van der Waals surface area contributed by atoms with Crippen LogP contribution in [-0.2, 0) is 9.59 Å². The van der Waals surface area contributed by atoms with Gasteiger partial charge in [-0.25, -0.2) is 0 Å². The van der Waals surface area contributed by atoms with E-state index >= 15 is 0 Å². The van der Waals surface area contributed by atoms with Gasteiger partial charge in [0.15, 0.2) is 23.0 Å². The molecule has 2 atom stereocenters.